The average molecular weight is 501 g/mol. The van der Waals surface area contributed by atoms with Gasteiger partial charge in [-0.25, -0.2) is 4.79 Å². The molecule has 0 saturated carbocycles. The Bertz CT molecular complexity index is 943. The molecule has 1 aromatic rings. The molecular formula is C22H40N2O7Si2. The molecule has 2 fully saturated rings. The summed E-state index contributed by atoms with van der Waals surface area (Å²) in [6.45, 7) is 18.8. The van der Waals surface area contributed by atoms with Gasteiger partial charge in [-0.05, 0) is 29.1 Å². The monoisotopic (exact) mass is 500 g/mol. The third-order valence-electron chi connectivity index (χ3n) is 7.06. The van der Waals surface area contributed by atoms with Crippen molar-refractivity contribution < 1.29 is 22.8 Å². The lowest BCUT2D eigenvalue weighted by Gasteiger charge is -2.51. The molecule has 188 valence electrons. The number of nitrogens with one attached hydrogen (secondary N) is 1. The van der Waals surface area contributed by atoms with Crippen LogP contribution in [0.25, 0.3) is 0 Å². The number of hydrogen-bond donors (Lipinski definition) is 2. The van der Waals surface area contributed by atoms with Gasteiger partial charge in [0.05, 0.1) is 6.61 Å². The Hall–Kier alpha value is -1.09. The van der Waals surface area contributed by atoms with Crippen LogP contribution in [0.15, 0.2) is 15.8 Å². The van der Waals surface area contributed by atoms with Gasteiger partial charge in [-0.3, -0.25) is 14.3 Å². The number of aryl methyl sites for hydroxylation is 1. The number of aliphatic hydroxyl groups is 1. The summed E-state index contributed by atoms with van der Waals surface area (Å²) in [4.78, 5) is 26.7. The van der Waals surface area contributed by atoms with Crippen LogP contribution in [0, 0.1) is 6.92 Å². The molecule has 1 unspecified atom stereocenters. The quantitative estimate of drug-likeness (QED) is 0.598. The van der Waals surface area contributed by atoms with Gasteiger partial charge in [0.15, 0.2) is 6.23 Å². The molecular weight excluding hydrogens is 460 g/mol. The highest BCUT2D eigenvalue weighted by Crippen LogP contribution is 2.48. The van der Waals surface area contributed by atoms with Gasteiger partial charge in [0.1, 0.15) is 18.3 Å². The Morgan fingerprint density at radius 3 is 2.06 bits per heavy atom. The van der Waals surface area contributed by atoms with Crippen molar-refractivity contribution in [1.82, 2.24) is 9.55 Å². The van der Waals surface area contributed by atoms with Gasteiger partial charge in [-0.15, -0.1) is 0 Å². The summed E-state index contributed by atoms with van der Waals surface area (Å²) in [6.07, 6.45) is -1.98. The number of aliphatic hydroxyl groups excluding tert-OH is 1. The van der Waals surface area contributed by atoms with Gasteiger partial charge >= 0.3 is 22.8 Å². The highest BCUT2D eigenvalue weighted by Gasteiger charge is 2.61. The van der Waals surface area contributed by atoms with E-state index in [4.69, 9.17) is 17.7 Å². The standard InChI is InChI=1S/C22H40N2O7Si2/c1-12(2)32(13(3)4)28-11-17-19(30-33(31-32,14(5)6)15(7)8)18(25)21(29-17)24-10-16(9)20(26)23-22(24)27/h10,12-15,17-19,21,25H,11H2,1-9H3,(H,23,26,27)/t17-,18?,19-,21+/m0/s1. The highest BCUT2D eigenvalue weighted by molar-refractivity contribution is 6.83. The Morgan fingerprint density at radius 1 is 1.00 bits per heavy atom. The third kappa shape index (κ3) is 4.48. The molecule has 2 aliphatic heterocycles. The lowest BCUT2D eigenvalue weighted by atomic mass is 10.1. The minimum atomic E-state index is -2.92. The maximum Gasteiger partial charge on any atom is 0.335 e. The number of aromatic amines is 1. The summed E-state index contributed by atoms with van der Waals surface area (Å²) in [5.74, 6) is 0. The molecule has 0 bridgehead atoms. The number of ether oxygens (including phenoxy) is 1. The maximum atomic E-state index is 12.5. The second-order valence-corrected chi connectivity index (χ2v) is 19.4. The van der Waals surface area contributed by atoms with Crippen LogP contribution in [0.5, 0.6) is 0 Å². The molecule has 0 radical (unpaired) electrons. The van der Waals surface area contributed by atoms with Crippen LogP contribution in [0.4, 0.5) is 0 Å². The lowest BCUT2D eigenvalue weighted by molar-refractivity contribution is -0.0601. The van der Waals surface area contributed by atoms with E-state index in [-0.39, 0.29) is 28.8 Å². The Balaban J connectivity index is 2.10. The number of nitrogens with zero attached hydrogens (tertiary/aromatic N) is 1. The first kappa shape index (κ1) is 26.5. The summed E-state index contributed by atoms with van der Waals surface area (Å²) in [5, 5.41) is 11.3. The largest absolute Gasteiger partial charge is 0.414 e. The van der Waals surface area contributed by atoms with Crippen molar-refractivity contribution in [3.05, 3.63) is 32.6 Å². The molecule has 3 rings (SSSR count). The van der Waals surface area contributed by atoms with E-state index in [0.717, 1.165) is 0 Å². The van der Waals surface area contributed by atoms with Crippen molar-refractivity contribution in [3.8, 4) is 0 Å². The van der Waals surface area contributed by atoms with Crippen LogP contribution in [0.1, 0.15) is 67.2 Å². The molecule has 0 spiro atoms. The summed E-state index contributed by atoms with van der Waals surface area (Å²) in [7, 11) is -5.65. The zero-order valence-corrected chi connectivity index (χ0v) is 23.2. The van der Waals surface area contributed by atoms with E-state index >= 15 is 0 Å². The minimum Gasteiger partial charge on any atom is -0.414 e. The van der Waals surface area contributed by atoms with Crippen molar-refractivity contribution in [1.29, 1.82) is 0 Å². The fraction of sp³-hybridized carbons (Fsp3) is 0.818. The van der Waals surface area contributed by atoms with E-state index in [9.17, 15) is 14.7 Å². The van der Waals surface area contributed by atoms with Crippen LogP contribution < -0.4 is 11.2 Å². The first-order chi connectivity index (χ1) is 15.3. The maximum absolute atomic E-state index is 12.5. The Kier molecular flexibility index (Phi) is 7.65. The molecule has 2 N–H and O–H groups in total. The number of fused-ring (bicyclic) bond motifs is 1. The molecule has 1 aromatic heterocycles. The minimum absolute atomic E-state index is 0.105. The second kappa shape index (κ2) is 9.52. The second-order valence-electron chi connectivity index (χ2n) is 10.6. The van der Waals surface area contributed by atoms with Crippen LogP contribution in [0.2, 0.25) is 22.2 Å². The van der Waals surface area contributed by atoms with E-state index < -0.39 is 52.9 Å². The number of rotatable bonds is 5. The summed E-state index contributed by atoms with van der Waals surface area (Å²) < 4.78 is 28.1. The molecule has 0 aliphatic carbocycles. The molecule has 9 nitrogen and oxygen atoms in total. The van der Waals surface area contributed by atoms with E-state index in [1.54, 1.807) is 6.92 Å². The van der Waals surface area contributed by atoms with Gasteiger partial charge in [0, 0.05) is 11.8 Å². The smallest absolute Gasteiger partial charge is 0.335 e. The summed E-state index contributed by atoms with van der Waals surface area (Å²) in [5.41, 5.74) is -0.151. The van der Waals surface area contributed by atoms with Crippen molar-refractivity contribution in [2.24, 2.45) is 0 Å². The zero-order chi connectivity index (χ0) is 24.9. The third-order valence-corrected chi connectivity index (χ3v) is 17.3. The molecule has 2 saturated heterocycles. The predicted octanol–water partition coefficient (Wildman–Crippen LogP) is 3.06. The molecule has 0 aromatic carbocycles. The van der Waals surface area contributed by atoms with Gasteiger partial charge in [0.2, 0.25) is 0 Å². The van der Waals surface area contributed by atoms with E-state index in [1.165, 1.54) is 10.8 Å². The number of aromatic nitrogens is 2. The topological polar surface area (TPSA) is 112 Å². The first-order valence-electron chi connectivity index (χ1n) is 11.9. The number of hydrogen-bond acceptors (Lipinski definition) is 7. The fourth-order valence-electron chi connectivity index (χ4n) is 5.14. The van der Waals surface area contributed by atoms with Crippen LogP contribution in [0.3, 0.4) is 0 Å². The fourth-order valence-corrected chi connectivity index (χ4v) is 16.4. The van der Waals surface area contributed by atoms with Gasteiger partial charge in [-0.2, -0.15) is 0 Å². The first-order valence-corrected chi connectivity index (χ1v) is 15.9. The van der Waals surface area contributed by atoms with E-state index in [0.29, 0.717) is 5.56 Å². The van der Waals surface area contributed by atoms with E-state index in [2.05, 4.69) is 60.4 Å². The average Bonchev–Trinajstić information content (AvgIpc) is 2.98. The van der Waals surface area contributed by atoms with Crippen molar-refractivity contribution in [2.45, 2.75) is 109 Å². The predicted molar refractivity (Wildman–Crippen MR) is 130 cm³/mol. The SMILES string of the molecule is Cc1cn([C@@H]2O[C@H]3CO[Si](C(C)C)(C(C)C)O[Si](C(C)C)(C(C)C)O[C@@H]3C2O)c(=O)[nH]c1=O. The zero-order valence-electron chi connectivity index (χ0n) is 21.2. The molecule has 0 amide bonds. The van der Waals surface area contributed by atoms with Gasteiger partial charge in [0.25, 0.3) is 5.56 Å². The Labute approximate surface area is 197 Å². The number of H-pyrrole nitrogens is 1. The van der Waals surface area contributed by atoms with Gasteiger partial charge in [-0.1, -0.05) is 55.4 Å². The molecule has 4 atom stereocenters. The molecule has 3 heterocycles. The Morgan fingerprint density at radius 2 is 1.55 bits per heavy atom. The molecule has 11 heteroatoms. The lowest BCUT2D eigenvalue weighted by Crippen LogP contribution is -2.65. The van der Waals surface area contributed by atoms with Crippen LogP contribution in [-0.4, -0.2) is 56.7 Å². The van der Waals surface area contributed by atoms with Crippen molar-refractivity contribution in [2.75, 3.05) is 6.61 Å². The summed E-state index contributed by atoms with van der Waals surface area (Å²) >= 11 is 0. The molecule has 33 heavy (non-hydrogen) atoms. The normalized spacial score (nSPS) is 29.5. The van der Waals surface area contributed by atoms with Crippen molar-refractivity contribution in [3.63, 3.8) is 0 Å². The van der Waals surface area contributed by atoms with Crippen LogP contribution >= 0.6 is 0 Å². The summed E-state index contributed by atoms with van der Waals surface area (Å²) in [6, 6.07) is 0. The van der Waals surface area contributed by atoms with Gasteiger partial charge < -0.3 is 22.8 Å². The van der Waals surface area contributed by atoms with Crippen LogP contribution in [-0.2, 0) is 17.7 Å². The highest BCUT2D eigenvalue weighted by atomic mass is 28.5. The van der Waals surface area contributed by atoms with Crippen molar-refractivity contribution >= 4 is 17.1 Å². The molecule has 2 aliphatic rings. The van der Waals surface area contributed by atoms with E-state index in [1.807, 2.05) is 0 Å².